The molecular formula is C12H15N2O4VY-3. The van der Waals surface area contributed by atoms with E-state index in [2.05, 4.69) is 33.2 Å². The van der Waals surface area contributed by atoms with Crippen LogP contribution < -0.4 is 0 Å². The summed E-state index contributed by atoms with van der Waals surface area (Å²) in [5.41, 5.74) is 6.74. The summed E-state index contributed by atoms with van der Waals surface area (Å²) in [4.78, 5) is 22.5. The van der Waals surface area contributed by atoms with Crippen molar-refractivity contribution in [3.8, 4) is 0 Å². The number of esters is 1. The third-order valence-electron chi connectivity index (χ3n) is 1.52. The molecule has 0 unspecified atom stereocenters. The second kappa shape index (κ2) is 10.3. The first kappa shape index (κ1) is 21.9. The number of nitrogens with zero attached hydrogens (tertiary/aromatic N) is 1. The molecule has 0 aromatic carbocycles. The zero-order valence-corrected chi connectivity index (χ0v) is 16.0. The predicted molar refractivity (Wildman–Crippen MR) is 66.8 cm³/mol. The van der Waals surface area contributed by atoms with E-state index in [1.807, 2.05) is 0 Å². The Labute approximate surface area is 152 Å². The number of methoxy groups -OCH3 is 1. The molecule has 0 heterocycles. The number of allylic oxidation sites excluding steroid dienone is 1. The van der Waals surface area contributed by atoms with Gasteiger partial charge in [-0.15, -0.1) is 0 Å². The summed E-state index contributed by atoms with van der Waals surface area (Å²) in [6, 6.07) is 0. The minimum atomic E-state index is -0.846. The molecule has 0 aliphatic heterocycles. The number of hydrogen-bond acceptors (Lipinski definition) is 4. The minimum absolute atomic E-state index is 0. The van der Waals surface area contributed by atoms with E-state index < -0.39 is 17.7 Å². The average molecular weight is 391 g/mol. The van der Waals surface area contributed by atoms with Crippen molar-refractivity contribution < 1.29 is 68.8 Å². The largest absolute Gasteiger partial charge is 0 e. The van der Waals surface area contributed by atoms with Crippen molar-refractivity contribution in [2.24, 2.45) is 0 Å². The average Bonchev–Trinajstić information content (AvgIpc) is 2.30. The molecule has 8 heteroatoms. The summed E-state index contributed by atoms with van der Waals surface area (Å²) in [7, 11) is 1.23. The maximum Gasteiger partial charge on any atom is 0 e. The Morgan fingerprint density at radius 1 is 1.35 bits per heavy atom. The molecular weight excluding hydrogens is 376 g/mol. The Balaban J connectivity index is 0. The van der Waals surface area contributed by atoms with E-state index in [1.165, 1.54) is 17.9 Å². The molecule has 0 spiro atoms. The maximum absolute atomic E-state index is 11.2. The Morgan fingerprint density at radius 2 is 1.90 bits per heavy atom. The second-order valence-electron chi connectivity index (χ2n) is 4.34. The van der Waals surface area contributed by atoms with Crippen LogP contribution in [0.2, 0.25) is 0 Å². The van der Waals surface area contributed by atoms with Crippen molar-refractivity contribution in [1.82, 2.24) is 0 Å². The van der Waals surface area contributed by atoms with Crippen LogP contribution >= 0.6 is 0 Å². The maximum atomic E-state index is 11.2. The number of carbonyl (C=O) groups excluding carboxylic acids is 2. The topological polar surface area (TPSA) is 90.5 Å². The van der Waals surface area contributed by atoms with E-state index in [4.69, 9.17) is 10.5 Å². The van der Waals surface area contributed by atoms with Gasteiger partial charge in [-0.3, -0.25) is 0 Å². The van der Waals surface area contributed by atoms with E-state index in [0.717, 1.165) is 0 Å². The van der Waals surface area contributed by atoms with E-state index >= 15 is 0 Å². The van der Waals surface area contributed by atoms with Crippen molar-refractivity contribution in [1.29, 1.82) is 0 Å². The second-order valence-corrected chi connectivity index (χ2v) is 4.74. The molecule has 6 nitrogen and oxygen atoms in total. The van der Waals surface area contributed by atoms with E-state index in [0.29, 0.717) is 0 Å². The van der Waals surface area contributed by atoms with Gasteiger partial charge in [-0.25, -0.2) is 0 Å². The number of amides is 1. The third kappa shape index (κ3) is 10.4. The number of ether oxygens (including phenoxy) is 2. The zero-order valence-electron chi connectivity index (χ0n) is 11.8. The first-order valence-corrected chi connectivity index (χ1v) is 6.06. The fraction of sp³-hybridized carbons (Fsp3) is 0.417. The zero-order chi connectivity index (χ0) is 15.1. The monoisotopic (exact) mass is 391 g/mol. The quantitative estimate of drug-likeness (QED) is 0.319. The van der Waals surface area contributed by atoms with Gasteiger partial charge in [-0.1, -0.05) is 0 Å². The molecule has 1 amide bonds. The van der Waals surface area contributed by atoms with Crippen molar-refractivity contribution >= 4 is 16.8 Å². The molecule has 0 bridgehead atoms. The minimum Gasteiger partial charge on any atom is 0 e. The summed E-state index contributed by atoms with van der Waals surface area (Å²) in [5, 5.41) is 3.33. The van der Waals surface area contributed by atoms with Gasteiger partial charge >= 0.3 is 121 Å². The van der Waals surface area contributed by atoms with Crippen LogP contribution in [0.4, 0.5) is 4.79 Å². The van der Waals surface area contributed by atoms with E-state index in [9.17, 15) is 9.59 Å². The molecule has 0 rings (SSSR count). The van der Waals surface area contributed by atoms with Crippen LogP contribution in [0.15, 0.2) is 17.3 Å². The van der Waals surface area contributed by atoms with Crippen LogP contribution in [0.3, 0.4) is 0 Å². The van der Waals surface area contributed by atoms with Crippen LogP contribution in [-0.2, 0) is 64.0 Å². The van der Waals surface area contributed by atoms with Gasteiger partial charge in [0.25, 0.3) is 0 Å². The molecule has 0 aromatic heterocycles. The Hall–Kier alpha value is -0.422. The van der Waals surface area contributed by atoms with Gasteiger partial charge in [0, 0.05) is 32.7 Å². The smallest absolute Gasteiger partial charge is 0 e. The molecule has 20 heavy (non-hydrogen) atoms. The normalized spacial score (nSPS) is 11.9. The number of hydrogen-bond donors (Lipinski definition) is 0. The molecule has 1 N–H and O–H groups in total. The van der Waals surface area contributed by atoms with Crippen LogP contribution in [0.1, 0.15) is 20.8 Å². The van der Waals surface area contributed by atoms with Crippen LogP contribution in [0.25, 0.3) is 11.1 Å². The first-order chi connectivity index (χ1) is 8.69. The Morgan fingerprint density at radius 3 is 2.30 bits per heavy atom. The van der Waals surface area contributed by atoms with Crippen molar-refractivity contribution in [3.63, 3.8) is 0 Å². The molecule has 0 fully saturated rings. The molecule has 0 aliphatic carbocycles. The molecule has 1 radical (unpaired) electrons. The Bertz CT molecular complexity index is 428. The number of nitrogens with one attached hydrogen (secondary N) is 1. The van der Waals surface area contributed by atoms with Gasteiger partial charge in [-0.05, 0) is 0 Å². The van der Waals surface area contributed by atoms with Gasteiger partial charge < -0.3 is 0 Å². The SMILES string of the molecule is COC(=O)/C([CH]=[V])=C/C([NH-])=[C-][N-]C(=O)OC(C)(C)C.[Y]. The van der Waals surface area contributed by atoms with Crippen molar-refractivity contribution in [3.05, 3.63) is 34.6 Å². The number of rotatable bonds is 4. The molecule has 0 aliphatic rings. The van der Waals surface area contributed by atoms with Gasteiger partial charge in [0.05, 0.1) is 0 Å². The summed E-state index contributed by atoms with van der Waals surface area (Å²) < 4.78 is 10.8. The molecule has 0 saturated heterocycles. The fourth-order valence-electron chi connectivity index (χ4n) is 0.845. The van der Waals surface area contributed by atoms with Crippen LogP contribution in [0.5, 0.6) is 0 Å². The van der Waals surface area contributed by atoms with Gasteiger partial charge in [0.2, 0.25) is 0 Å². The number of carbonyl (C=O) groups is 2. The van der Waals surface area contributed by atoms with Gasteiger partial charge in [-0.2, -0.15) is 0 Å². The predicted octanol–water partition coefficient (Wildman–Crippen LogP) is 2.44. The van der Waals surface area contributed by atoms with Crippen LogP contribution in [0, 0.1) is 6.20 Å². The van der Waals surface area contributed by atoms with E-state index in [1.54, 1.807) is 20.8 Å². The molecule has 108 valence electrons. The molecule has 0 aromatic rings. The standard InChI is InChI=1S/C12H15N2O4.V.Y/c1-8(10(15)17-5)6-9(13)7-14-11(16)18-12(2,3)4;;/h1,6,13H,2-5H3;;/q-3;;. The molecule has 0 atom stereocenters. The fourth-order valence-corrected chi connectivity index (χ4v) is 1.13. The van der Waals surface area contributed by atoms with Crippen molar-refractivity contribution in [2.75, 3.05) is 7.11 Å². The first-order valence-electron chi connectivity index (χ1n) is 5.25. The summed E-state index contributed by atoms with van der Waals surface area (Å²) in [6.45, 7) is 5.10. The van der Waals surface area contributed by atoms with E-state index in [-0.39, 0.29) is 44.0 Å². The molecule has 0 saturated carbocycles. The van der Waals surface area contributed by atoms with Crippen molar-refractivity contribution in [2.45, 2.75) is 26.4 Å². The summed E-state index contributed by atoms with van der Waals surface area (Å²) in [6.07, 6.45) is 2.50. The summed E-state index contributed by atoms with van der Waals surface area (Å²) in [5.74, 6) is -0.593. The van der Waals surface area contributed by atoms with Gasteiger partial charge in [0.1, 0.15) is 0 Å². The Kier molecular flexibility index (Phi) is 11.3. The van der Waals surface area contributed by atoms with Gasteiger partial charge in [0.15, 0.2) is 0 Å². The summed E-state index contributed by atoms with van der Waals surface area (Å²) >= 11 is 2.07. The van der Waals surface area contributed by atoms with Crippen LogP contribution in [-0.4, -0.2) is 29.5 Å². The third-order valence-corrected chi connectivity index (χ3v) is 1.96.